The molecule has 5 heteroatoms. The molecule has 0 fully saturated rings. The molecule has 0 amide bonds. The molecular weight excluding hydrogens is 687 g/mol. The number of pyridine rings is 1. The summed E-state index contributed by atoms with van der Waals surface area (Å²) in [7, 11) is 0. The van der Waals surface area contributed by atoms with Gasteiger partial charge in [0.25, 0.3) is 0 Å². The molecule has 0 unspecified atom stereocenters. The number of para-hydroxylation sites is 4. The molecule has 262 valence electrons. The molecule has 8 aromatic carbocycles. The molecule has 0 aliphatic carbocycles. The minimum atomic E-state index is 0.576. The summed E-state index contributed by atoms with van der Waals surface area (Å²) in [5, 5.41) is 4.66. The maximum Gasteiger partial charge on any atom is 0.227 e. The van der Waals surface area contributed by atoms with E-state index in [0.717, 1.165) is 88.9 Å². The lowest BCUT2D eigenvalue weighted by Crippen LogP contribution is -1.98. The summed E-state index contributed by atoms with van der Waals surface area (Å²) in [6, 6.07) is 64.9. The standard InChI is InChI=1S/C51H31N3O2/c1-3-13-34-27-38(25-23-32(34)11-1)48-42(36-15-9-17-40(29-36)50-52-44-19-5-7-21-46(44)55-50)31-43(49(54-48)39-26-24-33-12-2-4-14-35(33)28-39)37-16-10-18-41(30-37)51-53-45-20-6-8-22-47(45)56-51/h1-31H. The topological polar surface area (TPSA) is 65.0 Å². The van der Waals surface area contributed by atoms with Crippen molar-refractivity contribution in [3.05, 3.63) is 188 Å². The second kappa shape index (κ2) is 13.0. The third-order valence-electron chi connectivity index (χ3n) is 10.5. The van der Waals surface area contributed by atoms with Crippen molar-refractivity contribution < 1.29 is 8.83 Å². The van der Waals surface area contributed by atoms with E-state index < -0.39 is 0 Å². The molecule has 0 N–H and O–H groups in total. The van der Waals surface area contributed by atoms with Gasteiger partial charge in [0.1, 0.15) is 11.0 Å². The summed E-state index contributed by atoms with van der Waals surface area (Å²) in [6.45, 7) is 0. The van der Waals surface area contributed by atoms with Gasteiger partial charge in [0.2, 0.25) is 11.8 Å². The van der Waals surface area contributed by atoms with Gasteiger partial charge in [0, 0.05) is 33.4 Å². The number of hydrogen-bond donors (Lipinski definition) is 0. The molecular formula is C51H31N3O2. The van der Waals surface area contributed by atoms with Gasteiger partial charge in [-0.1, -0.05) is 121 Å². The van der Waals surface area contributed by atoms with Crippen LogP contribution < -0.4 is 0 Å². The lowest BCUT2D eigenvalue weighted by atomic mass is 9.90. The van der Waals surface area contributed by atoms with E-state index in [0.29, 0.717) is 11.8 Å². The molecule has 11 rings (SSSR count). The highest BCUT2D eigenvalue weighted by atomic mass is 16.4. The average molecular weight is 718 g/mol. The maximum absolute atomic E-state index is 6.25. The second-order valence-corrected chi connectivity index (χ2v) is 14.0. The summed E-state index contributed by atoms with van der Waals surface area (Å²) in [5.74, 6) is 1.15. The molecule has 3 heterocycles. The molecule has 0 aliphatic heterocycles. The lowest BCUT2D eigenvalue weighted by Gasteiger charge is -2.18. The minimum absolute atomic E-state index is 0.576. The molecule has 3 aromatic heterocycles. The molecule has 0 aliphatic rings. The summed E-state index contributed by atoms with van der Waals surface area (Å²) >= 11 is 0. The predicted octanol–water partition coefficient (Wildman–Crippen LogP) is 13.7. The van der Waals surface area contributed by atoms with Crippen LogP contribution in [0.5, 0.6) is 0 Å². The van der Waals surface area contributed by atoms with Crippen LogP contribution >= 0.6 is 0 Å². The lowest BCUT2D eigenvalue weighted by molar-refractivity contribution is 0.619. The van der Waals surface area contributed by atoms with Crippen molar-refractivity contribution in [2.45, 2.75) is 0 Å². The van der Waals surface area contributed by atoms with Crippen molar-refractivity contribution in [2.75, 3.05) is 0 Å². The Morgan fingerprint density at radius 3 is 1.20 bits per heavy atom. The van der Waals surface area contributed by atoms with E-state index in [9.17, 15) is 0 Å². The number of fused-ring (bicyclic) bond motifs is 4. The van der Waals surface area contributed by atoms with Gasteiger partial charge >= 0.3 is 0 Å². The predicted molar refractivity (Wildman–Crippen MR) is 227 cm³/mol. The first-order valence-corrected chi connectivity index (χ1v) is 18.7. The number of oxazole rings is 2. The van der Waals surface area contributed by atoms with E-state index in [1.165, 1.54) is 10.8 Å². The van der Waals surface area contributed by atoms with Crippen LogP contribution in [0.4, 0.5) is 0 Å². The smallest absolute Gasteiger partial charge is 0.227 e. The van der Waals surface area contributed by atoms with Gasteiger partial charge in [0.05, 0.1) is 11.4 Å². The number of nitrogens with zero attached hydrogens (tertiary/aromatic N) is 3. The number of benzene rings is 8. The Morgan fingerprint density at radius 2 is 0.714 bits per heavy atom. The van der Waals surface area contributed by atoms with Gasteiger partial charge in [-0.2, -0.15) is 0 Å². The van der Waals surface area contributed by atoms with Gasteiger partial charge in [-0.3, -0.25) is 0 Å². The van der Waals surface area contributed by atoms with Crippen molar-refractivity contribution >= 4 is 43.7 Å². The third-order valence-corrected chi connectivity index (χ3v) is 10.5. The van der Waals surface area contributed by atoms with Crippen LogP contribution in [0.15, 0.2) is 197 Å². The number of rotatable bonds is 6. The Balaban J connectivity index is 1.17. The molecule has 56 heavy (non-hydrogen) atoms. The average Bonchev–Trinajstić information content (AvgIpc) is 3.91. The Bertz CT molecular complexity index is 3000. The van der Waals surface area contributed by atoms with Gasteiger partial charge < -0.3 is 8.83 Å². The first-order chi connectivity index (χ1) is 27.7. The van der Waals surface area contributed by atoms with E-state index in [-0.39, 0.29) is 0 Å². The first-order valence-electron chi connectivity index (χ1n) is 18.7. The quantitative estimate of drug-likeness (QED) is 0.171. The fourth-order valence-electron chi connectivity index (χ4n) is 7.70. The van der Waals surface area contributed by atoms with Crippen LogP contribution in [0.3, 0.4) is 0 Å². The summed E-state index contributed by atoms with van der Waals surface area (Å²) < 4.78 is 12.5. The molecule has 0 saturated heterocycles. The Morgan fingerprint density at radius 1 is 0.286 bits per heavy atom. The largest absolute Gasteiger partial charge is 0.436 e. The fraction of sp³-hybridized carbons (Fsp3) is 0. The molecule has 0 saturated carbocycles. The number of aromatic nitrogens is 3. The van der Waals surface area contributed by atoms with Gasteiger partial charge in [-0.25, -0.2) is 15.0 Å². The van der Waals surface area contributed by atoms with E-state index in [2.05, 4.69) is 127 Å². The second-order valence-electron chi connectivity index (χ2n) is 14.0. The van der Waals surface area contributed by atoms with Crippen LogP contribution in [-0.2, 0) is 0 Å². The van der Waals surface area contributed by atoms with Crippen molar-refractivity contribution in [2.24, 2.45) is 0 Å². The van der Waals surface area contributed by atoms with E-state index in [4.69, 9.17) is 23.8 Å². The van der Waals surface area contributed by atoms with Crippen molar-refractivity contribution in [1.29, 1.82) is 0 Å². The SMILES string of the molecule is c1cc(-c2nc3ccccc3o2)cc(-c2cc(-c3cccc(-c4nc5ccccc5o4)c3)c(-c3ccc4ccccc4c3)nc2-c2ccc3ccccc3c2)c1. The van der Waals surface area contributed by atoms with Crippen LogP contribution in [0.25, 0.3) is 111 Å². The van der Waals surface area contributed by atoms with Gasteiger partial charge in [-0.15, -0.1) is 0 Å². The van der Waals surface area contributed by atoms with Crippen LogP contribution in [0.2, 0.25) is 0 Å². The normalized spacial score (nSPS) is 11.6. The summed E-state index contributed by atoms with van der Waals surface area (Å²) in [5.41, 5.74) is 12.7. The Hall–Kier alpha value is -7.63. The van der Waals surface area contributed by atoms with Crippen molar-refractivity contribution in [3.63, 3.8) is 0 Å². The van der Waals surface area contributed by atoms with Crippen molar-refractivity contribution in [1.82, 2.24) is 15.0 Å². The molecule has 5 nitrogen and oxygen atoms in total. The minimum Gasteiger partial charge on any atom is -0.436 e. The van der Waals surface area contributed by atoms with Crippen molar-refractivity contribution in [3.8, 4) is 67.7 Å². The van der Waals surface area contributed by atoms with E-state index in [1.807, 2.05) is 60.7 Å². The van der Waals surface area contributed by atoms with Crippen LogP contribution in [0.1, 0.15) is 0 Å². The molecule has 11 aromatic rings. The van der Waals surface area contributed by atoms with Gasteiger partial charge in [0.15, 0.2) is 11.2 Å². The molecule has 0 spiro atoms. The zero-order valence-corrected chi connectivity index (χ0v) is 30.1. The van der Waals surface area contributed by atoms with Crippen LogP contribution in [0, 0.1) is 0 Å². The van der Waals surface area contributed by atoms with E-state index >= 15 is 0 Å². The molecule has 0 radical (unpaired) electrons. The summed E-state index contributed by atoms with van der Waals surface area (Å²) in [4.78, 5) is 15.3. The van der Waals surface area contributed by atoms with Crippen LogP contribution in [-0.4, -0.2) is 15.0 Å². The molecule has 0 atom stereocenters. The highest BCUT2D eigenvalue weighted by Crippen LogP contribution is 2.42. The summed E-state index contributed by atoms with van der Waals surface area (Å²) in [6.07, 6.45) is 0. The molecule has 0 bridgehead atoms. The highest BCUT2D eigenvalue weighted by molar-refractivity contribution is 5.97. The highest BCUT2D eigenvalue weighted by Gasteiger charge is 2.20. The Kier molecular flexibility index (Phi) is 7.42. The Labute approximate surface area is 322 Å². The monoisotopic (exact) mass is 717 g/mol. The fourth-order valence-corrected chi connectivity index (χ4v) is 7.70. The first kappa shape index (κ1) is 31.9. The van der Waals surface area contributed by atoms with E-state index in [1.54, 1.807) is 0 Å². The van der Waals surface area contributed by atoms with Gasteiger partial charge in [-0.05, 0) is 99.4 Å². The zero-order chi connectivity index (χ0) is 37.0. The maximum atomic E-state index is 6.25. The third kappa shape index (κ3) is 5.62. The zero-order valence-electron chi connectivity index (χ0n) is 30.1. The number of hydrogen-bond acceptors (Lipinski definition) is 5.